The Hall–Kier alpha value is -1.34. The van der Waals surface area contributed by atoms with Crippen molar-refractivity contribution in [2.45, 2.75) is 70.6 Å². The maximum atomic E-state index is 13.6. The number of aliphatic hydroxyl groups is 1. The first-order valence-corrected chi connectivity index (χ1v) is 14.4. The summed E-state index contributed by atoms with van der Waals surface area (Å²) < 4.78 is 7.31. The molecule has 1 heterocycles. The van der Waals surface area contributed by atoms with Crippen molar-refractivity contribution in [2.75, 3.05) is 17.4 Å². The van der Waals surface area contributed by atoms with Gasteiger partial charge in [-0.2, -0.15) is 0 Å². The number of carbonyl (C=O) groups is 1. The van der Waals surface area contributed by atoms with E-state index in [9.17, 15) is 9.90 Å². The highest BCUT2D eigenvalue weighted by Crippen LogP contribution is 2.48. The molecule has 2 atom stereocenters. The van der Waals surface area contributed by atoms with Crippen molar-refractivity contribution in [3.8, 4) is 0 Å². The van der Waals surface area contributed by atoms with Crippen molar-refractivity contribution in [2.24, 2.45) is 5.41 Å². The van der Waals surface area contributed by atoms with E-state index in [1.807, 2.05) is 24.3 Å². The molecule has 1 amide bonds. The molecule has 33 heavy (non-hydrogen) atoms. The summed E-state index contributed by atoms with van der Waals surface area (Å²) in [6.45, 7) is 9.20. The van der Waals surface area contributed by atoms with Gasteiger partial charge in [0.05, 0.1) is 24.8 Å². The van der Waals surface area contributed by atoms with E-state index in [-0.39, 0.29) is 33.1 Å². The second-order valence-electron chi connectivity index (χ2n) is 10.9. The van der Waals surface area contributed by atoms with Crippen molar-refractivity contribution in [1.29, 1.82) is 0 Å². The van der Waals surface area contributed by atoms with Crippen LogP contribution in [0.1, 0.15) is 67.6 Å². The van der Waals surface area contributed by atoms with Crippen molar-refractivity contribution < 1.29 is 14.6 Å². The molecule has 0 bridgehead atoms. The van der Waals surface area contributed by atoms with Gasteiger partial charge < -0.3 is 9.84 Å². The van der Waals surface area contributed by atoms with Gasteiger partial charge in [0.15, 0.2) is 0 Å². The Morgan fingerprint density at radius 1 is 1.24 bits per heavy atom. The van der Waals surface area contributed by atoms with Gasteiger partial charge >= 0.3 is 0 Å². The summed E-state index contributed by atoms with van der Waals surface area (Å²) in [4.78, 5) is 15.1. The molecule has 0 aromatic heterocycles. The number of anilines is 1. The lowest BCUT2D eigenvalue weighted by molar-refractivity contribution is 0.0307. The van der Waals surface area contributed by atoms with Crippen molar-refractivity contribution in [3.05, 3.63) is 63.1 Å². The first-order chi connectivity index (χ1) is 15.4. The third-order valence-corrected chi connectivity index (χ3v) is 9.26. The maximum absolute atomic E-state index is 13.6. The van der Waals surface area contributed by atoms with E-state index >= 15 is 0 Å². The van der Waals surface area contributed by atoms with E-state index in [1.165, 1.54) is 23.3 Å². The average molecular weight is 534 g/mol. The Bertz CT molecular complexity index is 1060. The van der Waals surface area contributed by atoms with Crippen LogP contribution < -0.4 is 4.90 Å². The number of hydrogen-bond donors (Lipinski definition) is 1. The van der Waals surface area contributed by atoms with Gasteiger partial charge in [0.1, 0.15) is 6.23 Å². The van der Waals surface area contributed by atoms with Crippen LogP contribution in [-0.4, -0.2) is 35.2 Å². The number of benzene rings is 2. The molecule has 1 unspecified atom stereocenters. The molecule has 1 saturated carbocycles. The largest absolute Gasteiger partial charge is 0.373 e. The van der Waals surface area contributed by atoms with Crippen molar-refractivity contribution >= 4 is 38.4 Å². The van der Waals surface area contributed by atoms with Crippen molar-refractivity contribution in [1.82, 2.24) is 0 Å². The molecule has 0 radical (unpaired) electrons. The molecule has 0 spiro atoms. The van der Waals surface area contributed by atoms with Crippen LogP contribution in [0.25, 0.3) is 0 Å². The number of fused-ring (bicyclic) bond motifs is 1. The number of amides is 1. The molecule has 4 rings (SSSR count). The Labute approximate surface area is 209 Å². The molecule has 2 aromatic rings. The SMILES string of the molecule is C[S+](C)[C@H](OCc1c(Br)cccc1N1C(=O)c2ccc(C3(C)CC3)cc2CC1O)C(C)(C)C. The van der Waals surface area contributed by atoms with E-state index in [0.29, 0.717) is 24.3 Å². The summed E-state index contributed by atoms with van der Waals surface area (Å²) >= 11 is 3.66. The molecule has 0 saturated heterocycles. The maximum Gasteiger partial charge on any atom is 0.260 e. The predicted molar refractivity (Wildman–Crippen MR) is 141 cm³/mol. The topological polar surface area (TPSA) is 49.8 Å². The molecule has 2 aromatic carbocycles. The van der Waals surface area contributed by atoms with Crippen LogP contribution in [0.4, 0.5) is 5.69 Å². The molecule has 1 fully saturated rings. The first-order valence-electron chi connectivity index (χ1n) is 11.5. The summed E-state index contributed by atoms with van der Waals surface area (Å²) in [7, 11) is 0.0697. The first kappa shape index (κ1) is 24.8. The monoisotopic (exact) mass is 532 g/mol. The van der Waals surface area contributed by atoms with Crippen LogP contribution in [-0.2, 0) is 34.1 Å². The molecule has 1 N–H and O–H groups in total. The number of rotatable bonds is 6. The van der Waals surface area contributed by atoms with Gasteiger partial charge in [-0.05, 0) is 47.6 Å². The molecular formula is C27H35BrNO3S+. The summed E-state index contributed by atoms with van der Waals surface area (Å²) in [5.74, 6) is -0.159. The summed E-state index contributed by atoms with van der Waals surface area (Å²) in [5.41, 5.74) is 4.79. The zero-order valence-electron chi connectivity index (χ0n) is 20.4. The van der Waals surface area contributed by atoms with E-state index in [4.69, 9.17) is 4.74 Å². The standard InChI is InChI=1S/C27H35BrNO3S/c1-26(2,3)25(33(5)6)32-16-20-21(28)8-7-9-22(20)29-23(30)15-17-14-18(27(4)12-13-27)10-11-19(17)24(29)31/h7-11,14,23,25,30H,12-13,15-16H2,1-6H3/q+1/t23?,25-/m0/s1. The van der Waals surface area contributed by atoms with Crippen LogP contribution >= 0.6 is 15.9 Å². The second-order valence-corrected chi connectivity index (χ2v) is 14.0. The number of nitrogens with zero attached hydrogens (tertiary/aromatic N) is 1. The summed E-state index contributed by atoms with van der Waals surface area (Å²) in [6.07, 6.45) is 6.27. The predicted octanol–water partition coefficient (Wildman–Crippen LogP) is 5.79. The minimum Gasteiger partial charge on any atom is -0.373 e. The number of carbonyl (C=O) groups excluding carboxylic acids is 1. The fourth-order valence-electron chi connectivity index (χ4n) is 4.81. The molecule has 1 aliphatic heterocycles. The van der Waals surface area contributed by atoms with E-state index < -0.39 is 6.23 Å². The smallest absolute Gasteiger partial charge is 0.260 e. The minimum atomic E-state index is -0.911. The fourth-order valence-corrected chi connectivity index (χ4v) is 7.04. The van der Waals surface area contributed by atoms with E-state index in [2.05, 4.69) is 68.3 Å². The van der Waals surface area contributed by atoms with Crippen LogP contribution in [0.15, 0.2) is 40.9 Å². The Morgan fingerprint density at radius 2 is 1.94 bits per heavy atom. The molecule has 2 aliphatic rings. The lowest BCUT2D eigenvalue weighted by Crippen LogP contribution is -2.46. The summed E-state index contributed by atoms with van der Waals surface area (Å²) in [6, 6.07) is 11.9. The number of hydrogen-bond acceptors (Lipinski definition) is 3. The van der Waals surface area contributed by atoms with Crippen LogP contribution in [0.3, 0.4) is 0 Å². The van der Waals surface area contributed by atoms with E-state index in [0.717, 1.165) is 15.6 Å². The molecule has 6 heteroatoms. The molecular weight excluding hydrogens is 498 g/mol. The Kier molecular flexibility index (Phi) is 6.78. The fraction of sp³-hybridized carbons (Fsp3) is 0.519. The van der Waals surface area contributed by atoms with Gasteiger partial charge in [0, 0.05) is 38.3 Å². The molecule has 1 aliphatic carbocycles. The molecule has 4 nitrogen and oxygen atoms in total. The second kappa shape index (κ2) is 9.03. The van der Waals surface area contributed by atoms with Crippen LogP contribution in [0.5, 0.6) is 0 Å². The third-order valence-electron chi connectivity index (χ3n) is 6.82. The van der Waals surface area contributed by atoms with Gasteiger partial charge in [-0.1, -0.05) is 61.8 Å². The average Bonchev–Trinajstić information content (AvgIpc) is 3.47. The highest BCUT2D eigenvalue weighted by Gasteiger charge is 2.41. The van der Waals surface area contributed by atoms with Gasteiger partial charge in [-0.3, -0.25) is 9.69 Å². The number of halogens is 1. The normalized spacial score (nSPS) is 20.7. The van der Waals surface area contributed by atoms with Gasteiger partial charge in [-0.25, -0.2) is 0 Å². The van der Waals surface area contributed by atoms with Gasteiger partial charge in [-0.15, -0.1) is 0 Å². The Balaban J connectivity index is 1.65. The number of aliphatic hydroxyl groups excluding tert-OH is 1. The van der Waals surface area contributed by atoms with E-state index in [1.54, 1.807) is 0 Å². The zero-order valence-corrected chi connectivity index (χ0v) is 22.8. The summed E-state index contributed by atoms with van der Waals surface area (Å²) in [5, 5.41) is 11.1. The Morgan fingerprint density at radius 3 is 2.55 bits per heavy atom. The zero-order chi connectivity index (χ0) is 24.1. The van der Waals surface area contributed by atoms with Crippen molar-refractivity contribution in [3.63, 3.8) is 0 Å². The molecule has 178 valence electrons. The lowest BCUT2D eigenvalue weighted by atomic mass is 9.89. The highest BCUT2D eigenvalue weighted by molar-refractivity contribution is 9.10. The van der Waals surface area contributed by atoms with Gasteiger partial charge in [0.2, 0.25) is 5.44 Å². The highest BCUT2D eigenvalue weighted by atomic mass is 79.9. The minimum absolute atomic E-state index is 0.00331. The van der Waals surface area contributed by atoms with Crippen LogP contribution in [0, 0.1) is 5.41 Å². The third kappa shape index (κ3) is 4.90. The quantitative estimate of drug-likeness (QED) is 0.479. The number of ether oxygens (including phenoxy) is 1. The van der Waals surface area contributed by atoms with Crippen LogP contribution in [0.2, 0.25) is 0 Å². The van der Waals surface area contributed by atoms with Gasteiger partial charge in [0.25, 0.3) is 5.91 Å². The lowest BCUT2D eigenvalue weighted by Gasteiger charge is -2.35.